The number of ether oxygens (including phenoxy) is 1. The van der Waals surface area contributed by atoms with E-state index in [-0.39, 0.29) is 5.92 Å². The van der Waals surface area contributed by atoms with Gasteiger partial charge < -0.3 is 9.84 Å². The number of hydrogen-bond donors (Lipinski definition) is 1. The van der Waals surface area contributed by atoms with E-state index in [1.807, 2.05) is 0 Å². The zero-order valence-electron chi connectivity index (χ0n) is 8.61. The average Bonchev–Trinajstić information content (AvgIpc) is 2.74. The van der Waals surface area contributed by atoms with E-state index in [0.29, 0.717) is 18.1 Å². The first-order valence-electron chi connectivity index (χ1n) is 5.55. The van der Waals surface area contributed by atoms with Crippen molar-refractivity contribution in [2.24, 2.45) is 11.8 Å². The Bertz CT molecular complexity index is 227. The van der Waals surface area contributed by atoms with E-state index in [0.717, 1.165) is 19.3 Å². The molecule has 2 saturated heterocycles. The third kappa shape index (κ3) is 1.92. The number of carboxylic acid groups (broad SMARTS) is 1. The molecule has 2 aliphatic heterocycles. The van der Waals surface area contributed by atoms with Crippen molar-refractivity contribution in [2.45, 2.75) is 51.2 Å². The van der Waals surface area contributed by atoms with Crippen LogP contribution in [-0.2, 0) is 9.53 Å². The first kappa shape index (κ1) is 9.97. The average molecular weight is 198 g/mol. The van der Waals surface area contributed by atoms with Crippen LogP contribution in [0.25, 0.3) is 0 Å². The minimum atomic E-state index is -0.672. The SMILES string of the molecule is CC(CCC1CC2CCC1O2)C(=O)O. The molecule has 0 aromatic heterocycles. The number of carboxylic acids is 1. The number of rotatable bonds is 4. The first-order chi connectivity index (χ1) is 6.66. The summed E-state index contributed by atoms with van der Waals surface area (Å²) in [6.07, 6.45) is 6.33. The standard InChI is InChI=1S/C11H18O3/c1-7(11(12)13)2-3-8-6-9-4-5-10(8)14-9/h7-10H,2-6H2,1H3,(H,12,13). The second kappa shape index (κ2) is 3.89. The van der Waals surface area contributed by atoms with Crippen molar-refractivity contribution in [3.05, 3.63) is 0 Å². The molecule has 0 aromatic carbocycles. The highest BCUT2D eigenvalue weighted by atomic mass is 16.5. The van der Waals surface area contributed by atoms with Crippen LogP contribution in [0.3, 0.4) is 0 Å². The van der Waals surface area contributed by atoms with Gasteiger partial charge in [0.1, 0.15) is 0 Å². The Morgan fingerprint density at radius 2 is 2.36 bits per heavy atom. The van der Waals surface area contributed by atoms with E-state index in [9.17, 15) is 4.79 Å². The third-order valence-corrected chi connectivity index (χ3v) is 3.62. The van der Waals surface area contributed by atoms with E-state index in [4.69, 9.17) is 9.84 Å². The summed E-state index contributed by atoms with van der Waals surface area (Å²) in [6, 6.07) is 0. The molecule has 0 spiro atoms. The lowest BCUT2D eigenvalue weighted by Gasteiger charge is -2.19. The second-order valence-electron chi connectivity index (χ2n) is 4.69. The van der Waals surface area contributed by atoms with Gasteiger partial charge in [-0.05, 0) is 38.0 Å². The number of carbonyl (C=O) groups is 1. The normalized spacial score (nSPS) is 37.4. The molecule has 0 amide bonds. The molecule has 1 N–H and O–H groups in total. The van der Waals surface area contributed by atoms with Crippen LogP contribution in [0.2, 0.25) is 0 Å². The Labute approximate surface area is 84.4 Å². The number of aliphatic carboxylic acids is 1. The van der Waals surface area contributed by atoms with Crippen LogP contribution < -0.4 is 0 Å². The Kier molecular flexibility index (Phi) is 2.77. The molecule has 2 bridgehead atoms. The lowest BCUT2D eigenvalue weighted by molar-refractivity contribution is -0.141. The summed E-state index contributed by atoms with van der Waals surface area (Å²) >= 11 is 0. The van der Waals surface area contributed by atoms with Gasteiger partial charge in [-0.25, -0.2) is 0 Å². The lowest BCUT2D eigenvalue weighted by Crippen LogP contribution is -2.18. The number of hydrogen-bond acceptors (Lipinski definition) is 2. The van der Waals surface area contributed by atoms with Crippen molar-refractivity contribution in [1.82, 2.24) is 0 Å². The van der Waals surface area contributed by atoms with Crippen molar-refractivity contribution in [3.63, 3.8) is 0 Å². The minimum absolute atomic E-state index is 0.200. The summed E-state index contributed by atoms with van der Waals surface area (Å²) in [4.78, 5) is 10.6. The van der Waals surface area contributed by atoms with E-state index in [1.165, 1.54) is 12.8 Å². The molecular weight excluding hydrogens is 180 g/mol. The van der Waals surface area contributed by atoms with E-state index in [1.54, 1.807) is 6.92 Å². The molecule has 4 atom stereocenters. The summed E-state index contributed by atoms with van der Waals surface area (Å²) in [5, 5.41) is 8.76. The summed E-state index contributed by atoms with van der Waals surface area (Å²) in [5.74, 6) is -0.237. The van der Waals surface area contributed by atoms with Crippen molar-refractivity contribution in [1.29, 1.82) is 0 Å². The van der Waals surface area contributed by atoms with Gasteiger partial charge in [-0.1, -0.05) is 6.92 Å². The molecule has 4 unspecified atom stereocenters. The molecule has 3 heteroatoms. The molecule has 2 fully saturated rings. The van der Waals surface area contributed by atoms with Crippen molar-refractivity contribution >= 4 is 5.97 Å². The molecule has 2 rings (SSSR count). The van der Waals surface area contributed by atoms with Gasteiger partial charge in [0.05, 0.1) is 18.1 Å². The van der Waals surface area contributed by atoms with Crippen LogP contribution in [0.5, 0.6) is 0 Å². The molecule has 2 heterocycles. The zero-order chi connectivity index (χ0) is 10.1. The molecule has 14 heavy (non-hydrogen) atoms. The molecule has 0 radical (unpaired) electrons. The maximum Gasteiger partial charge on any atom is 0.306 e. The third-order valence-electron chi connectivity index (χ3n) is 3.62. The summed E-state index contributed by atoms with van der Waals surface area (Å²) in [7, 11) is 0. The van der Waals surface area contributed by atoms with Gasteiger partial charge in [0.15, 0.2) is 0 Å². The quantitative estimate of drug-likeness (QED) is 0.752. The van der Waals surface area contributed by atoms with Crippen molar-refractivity contribution in [3.8, 4) is 0 Å². The highest BCUT2D eigenvalue weighted by Gasteiger charge is 2.40. The predicted molar refractivity (Wildman–Crippen MR) is 52.0 cm³/mol. The van der Waals surface area contributed by atoms with Gasteiger partial charge in [-0.15, -0.1) is 0 Å². The summed E-state index contributed by atoms with van der Waals surface area (Å²) in [5.41, 5.74) is 0. The monoisotopic (exact) mass is 198 g/mol. The largest absolute Gasteiger partial charge is 0.481 e. The maximum atomic E-state index is 10.6. The van der Waals surface area contributed by atoms with E-state index < -0.39 is 5.97 Å². The summed E-state index contributed by atoms with van der Waals surface area (Å²) in [6.45, 7) is 1.79. The number of fused-ring (bicyclic) bond motifs is 2. The van der Waals surface area contributed by atoms with Crippen LogP contribution >= 0.6 is 0 Å². The topological polar surface area (TPSA) is 46.5 Å². The van der Waals surface area contributed by atoms with Crippen molar-refractivity contribution in [2.75, 3.05) is 0 Å². The van der Waals surface area contributed by atoms with Crippen LogP contribution in [-0.4, -0.2) is 23.3 Å². The first-order valence-corrected chi connectivity index (χ1v) is 5.55. The highest BCUT2D eigenvalue weighted by molar-refractivity contribution is 5.69. The molecule has 2 aliphatic rings. The fraction of sp³-hybridized carbons (Fsp3) is 0.909. The van der Waals surface area contributed by atoms with Gasteiger partial charge in [0.2, 0.25) is 0 Å². The van der Waals surface area contributed by atoms with E-state index >= 15 is 0 Å². The van der Waals surface area contributed by atoms with Gasteiger partial charge in [-0.3, -0.25) is 4.79 Å². The van der Waals surface area contributed by atoms with Gasteiger partial charge >= 0.3 is 5.97 Å². The fourth-order valence-corrected chi connectivity index (χ4v) is 2.63. The maximum absolute atomic E-state index is 10.6. The molecule has 0 aromatic rings. The van der Waals surface area contributed by atoms with Crippen LogP contribution in [0.15, 0.2) is 0 Å². The van der Waals surface area contributed by atoms with Crippen LogP contribution in [0.4, 0.5) is 0 Å². The van der Waals surface area contributed by atoms with Crippen LogP contribution in [0.1, 0.15) is 39.0 Å². The Morgan fingerprint density at radius 3 is 2.86 bits per heavy atom. The smallest absolute Gasteiger partial charge is 0.306 e. The molecule has 80 valence electrons. The Balaban J connectivity index is 1.74. The minimum Gasteiger partial charge on any atom is -0.481 e. The van der Waals surface area contributed by atoms with Gasteiger partial charge in [0.25, 0.3) is 0 Å². The van der Waals surface area contributed by atoms with Gasteiger partial charge in [0, 0.05) is 0 Å². The molecular formula is C11H18O3. The van der Waals surface area contributed by atoms with Crippen LogP contribution in [0, 0.1) is 11.8 Å². The van der Waals surface area contributed by atoms with Gasteiger partial charge in [-0.2, -0.15) is 0 Å². The van der Waals surface area contributed by atoms with E-state index in [2.05, 4.69) is 0 Å². The lowest BCUT2D eigenvalue weighted by atomic mass is 9.84. The van der Waals surface area contributed by atoms with Crippen molar-refractivity contribution < 1.29 is 14.6 Å². The molecule has 0 aliphatic carbocycles. The zero-order valence-corrected chi connectivity index (χ0v) is 8.61. The predicted octanol–water partition coefficient (Wildman–Crippen LogP) is 2.05. The molecule has 3 nitrogen and oxygen atoms in total. The summed E-state index contributed by atoms with van der Waals surface area (Å²) < 4.78 is 5.73. The Morgan fingerprint density at radius 1 is 1.57 bits per heavy atom. The highest BCUT2D eigenvalue weighted by Crippen LogP contribution is 2.41. The molecule has 0 saturated carbocycles. The fourth-order valence-electron chi connectivity index (χ4n) is 2.63. The Hall–Kier alpha value is -0.570. The second-order valence-corrected chi connectivity index (χ2v) is 4.69.